The van der Waals surface area contributed by atoms with Gasteiger partial charge in [0.25, 0.3) is 17.0 Å². The van der Waals surface area contributed by atoms with E-state index in [1.54, 1.807) is 35.4 Å². The maximum absolute atomic E-state index is 12.4. The molecule has 18 nitrogen and oxygen atoms in total. The molecule has 4 N–H and O–H groups in total. The van der Waals surface area contributed by atoms with Crippen LogP contribution < -0.4 is 26.3 Å². The smallest absolute Gasteiger partial charge is 0.338 e. The molecule has 7 aromatic rings. The van der Waals surface area contributed by atoms with Crippen molar-refractivity contribution in [1.29, 1.82) is 0 Å². The highest BCUT2D eigenvalue weighted by Gasteiger charge is 2.13. The first-order valence-electron chi connectivity index (χ1n) is 19.7. The normalized spacial score (nSPS) is 10.8. The molecule has 0 amide bonds. The van der Waals surface area contributed by atoms with Gasteiger partial charge in [0.15, 0.2) is 16.1 Å². The summed E-state index contributed by atoms with van der Waals surface area (Å²) < 4.78 is 19.8. The molecule has 0 aliphatic carbocycles. The van der Waals surface area contributed by atoms with Gasteiger partial charge in [-0.05, 0) is 72.9 Å². The number of benzene rings is 2. The summed E-state index contributed by atoms with van der Waals surface area (Å²) in [4.78, 5) is 55.1. The van der Waals surface area contributed by atoms with Gasteiger partial charge in [-0.2, -0.15) is 4.98 Å². The van der Waals surface area contributed by atoms with Crippen molar-refractivity contribution in [3.05, 3.63) is 153 Å². The van der Waals surface area contributed by atoms with Crippen LogP contribution in [0.25, 0.3) is 22.8 Å². The van der Waals surface area contributed by atoms with Crippen molar-refractivity contribution in [3.63, 3.8) is 0 Å². The van der Waals surface area contributed by atoms with Gasteiger partial charge in [0.05, 0.1) is 37.4 Å². The monoisotopic (exact) mass is 906 g/mol. The Bertz CT molecular complexity index is 2740. The van der Waals surface area contributed by atoms with Gasteiger partial charge >= 0.3 is 5.97 Å². The Morgan fingerprint density at radius 3 is 1.78 bits per heavy atom. The van der Waals surface area contributed by atoms with Crippen molar-refractivity contribution < 1.29 is 29.1 Å². The number of ether oxygens (including phenoxy) is 2. The number of carboxylic acids is 1. The Morgan fingerprint density at radius 2 is 1.27 bits per heavy atom. The van der Waals surface area contributed by atoms with Gasteiger partial charge in [-0.25, -0.2) is 24.7 Å². The Hall–Kier alpha value is -7.32. The van der Waals surface area contributed by atoms with Crippen molar-refractivity contribution >= 4 is 35.3 Å². The number of carboxylic acid groups (broad SMARTS) is 1. The lowest BCUT2D eigenvalue weighted by atomic mass is 10.2. The number of oxime groups is 1. The molecule has 5 heterocycles. The van der Waals surface area contributed by atoms with Crippen LogP contribution in [-0.4, -0.2) is 87.1 Å². The second-order valence-electron chi connectivity index (χ2n) is 13.4. The predicted molar refractivity (Wildman–Crippen MR) is 243 cm³/mol. The SMILES string of the molecule is CCCOc1cccc(Cn2cc(-c3noc(-c4cnc(SC)nc4)n3)ccc2=O)c1.CCCOc1cccc(Cn2cc(/C(N)=N/O)ccc2=O)c1.CSc1ncc(C(=O)O)cn1. The van der Waals surface area contributed by atoms with Crippen molar-refractivity contribution in [1.82, 2.24) is 39.2 Å². The fraction of sp³-hybridized carbons (Fsp3) is 0.227. The molecule has 5 aromatic heterocycles. The van der Waals surface area contributed by atoms with Crippen molar-refractivity contribution in [3.8, 4) is 34.3 Å². The van der Waals surface area contributed by atoms with Crippen molar-refractivity contribution in [2.45, 2.75) is 50.1 Å². The van der Waals surface area contributed by atoms with Crippen LogP contribution in [0.15, 0.2) is 140 Å². The molecule has 0 spiro atoms. The second-order valence-corrected chi connectivity index (χ2v) is 14.9. The number of thioether (sulfide) groups is 2. The molecular weight excluding hydrogens is 861 g/mol. The molecule has 0 aliphatic rings. The summed E-state index contributed by atoms with van der Waals surface area (Å²) in [6, 6.07) is 21.4. The van der Waals surface area contributed by atoms with Crippen LogP contribution in [0.3, 0.4) is 0 Å². The summed E-state index contributed by atoms with van der Waals surface area (Å²) in [6.45, 7) is 6.21. The number of hydrogen-bond acceptors (Lipinski definition) is 16. The zero-order valence-electron chi connectivity index (χ0n) is 35.4. The molecule has 20 heteroatoms. The topological polar surface area (TPSA) is 249 Å². The number of rotatable bonds is 16. The Morgan fingerprint density at radius 1 is 0.734 bits per heavy atom. The fourth-order valence-electron chi connectivity index (χ4n) is 5.47. The summed E-state index contributed by atoms with van der Waals surface area (Å²) in [6.07, 6.45) is 14.8. The lowest BCUT2D eigenvalue weighted by Crippen LogP contribution is -2.23. The van der Waals surface area contributed by atoms with E-state index in [4.69, 9.17) is 30.0 Å². The highest BCUT2D eigenvalue weighted by Crippen LogP contribution is 2.22. The van der Waals surface area contributed by atoms with Gasteiger partial charge in [-0.3, -0.25) is 9.59 Å². The highest BCUT2D eigenvalue weighted by atomic mass is 32.2. The van der Waals surface area contributed by atoms with Gasteiger partial charge in [0.2, 0.25) is 5.82 Å². The van der Waals surface area contributed by atoms with Gasteiger partial charge in [-0.15, -0.1) is 0 Å². The van der Waals surface area contributed by atoms with Crippen LogP contribution in [0.2, 0.25) is 0 Å². The number of aromatic nitrogens is 8. The molecule has 0 fully saturated rings. The predicted octanol–water partition coefficient (Wildman–Crippen LogP) is 6.59. The number of amidine groups is 1. The van der Waals surface area contributed by atoms with E-state index in [1.165, 1.54) is 58.7 Å². The van der Waals surface area contributed by atoms with Crippen LogP contribution in [0.4, 0.5) is 0 Å². The Balaban J connectivity index is 0.000000202. The molecule has 0 bridgehead atoms. The van der Waals surface area contributed by atoms with Crippen molar-refractivity contribution in [2.24, 2.45) is 10.9 Å². The highest BCUT2D eigenvalue weighted by molar-refractivity contribution is 7.98. The van der Waals surface area contributed by atoms with E-state index in [1.807, 2.05) is 68.0 Å². The van der Waals surface area contributed by atoms with E-state index in [-0.39, 0.29) is 22.5 Å². The third-order valence-corrected chi connectivity index (χ3v) is 9.77. The molecule has 7 rings (SSSR count). The minimum atomic E-state index is -1.00. The first-order valence-corrected chi connectivity index (χ1v) is 22.1. The molecule has 0 atom stereocenters. The van der Waals surface area contributed by atoms with E-state index in [9.17, 15) is 14.4 Å². The molecule has 2 aromatic carbocycles. The zero-order chi connectivity index (χ0) is 45.8. The average Bonchev–Trinajstić information content (AvgIpc) is 3.83. The average molecular weight is 907 g/mol. The van der Waals surface area contributed by atoms with Gasteiger partial charge < -0.3 is 39.2 Å². The minimum Gasteiger partial charge on any atom is -0.494 e. The van der Waals surface area contributed by atoms with Crippen LogP contribution in [0.5, 0.6) is 11.5 Å². The number of hydrogen-bond donors (Lipinski definition) is 3. The molecule has 0 unspecified atom stereocenters. The fourth-order valence-corrected chi connectivity index (χ4v) is 6.11. The maximum atomic E-state index is 12.4. The molecular formula is C44H46N10O8S2. The number of carbonyl (C=O) groups is 1. The molecule has 332 valence electrons. The molecule has 0 saturated heterocycles. The summed E-state index contributed by atoms with van der Waals surface area (Å²) >= 11 is 2.83. The maximum Gasteiger partial charge on any atom is 0.338 e. The van der Waals surface area contributed by atoms with E-state index < -0.39 is 5.97 Å². The number of nitrogens with two attached hydrogens (primary N) is 1. The Labute approximate surface area is 376 Å². The van der Waals surface area contributed by atoms with Gasteiger partial charge in [0.1, 0.15) is 11.5 Å². The molecule has 64 heavy (non-hydrogen) atoms. The van der Waals surface area contributed by atoms with Crippen LogP contribution in [-0.2, 0) is 13.1 Å². The van der Waals surface area contributed by atoms with E-state index >= 15 is 0 Å². The molecule has 0 radical (unpaired) electrons. The Kier molecular flexibility index (Phi) is 18.2. The minimum absolute atomic E-state index is 0.0335. The van der Waals surface area contributed by atoms with Crippen LogP contribution >= 0.6 is 23.5 Å². The quantitative estimate of drug-likeness (QED) is 0.0231. The standard InChI is InChI=1S/C22H21N5O3S.C16H19N3O3.C6H6N2O2S/c1-3-9-29-18-6-4-5-15(10-18)13-27-14-16(7-8-19(27)28)20-25-21(30-26-20)17-11-23-22(31-2)24-12-17;1-2-8-22-14-5-3-4-12(9-14)10-19-11-13(16(17)18-21)6-7-15(19)20;1-11-6-7-2-4(3-8-6)5(9)10/h4-8,10-12,14H,3,9,13H2,1-2H3;3-7,9,11,21H,2,8,10H2,1H3,(H2,17,18);2-3H,1H3,(H,9,10). The van der Waals surface area contributed by atoms with E-state index in [0.717, 1.165) is 35.5 Å². The first-order chi connectivity index (χ1) is 31.0. The third kappa shape index (κ3) is 14.1. The summed E-state index contributed by atoms with van der Waals surface area (Å²) in [5, 5.41) is 25.4. The van der Waals surface area contributed by atoms with E-state index in [0.29, 0.717) is 65.0 Å². The summed E-state index contributed by atoms with van der Waals surface area (Å²) in [5.74, 6) is 1.24. The van der Waals surface area contributed by atoms with E-state index in [2.05, 4.69) is 42.2 Å². The summed E-state index contributed by atoms with van der Waals surface area (Å²) in [7, 11) is 0. The van der Waals surface area contributed by atoms with Crippen molar-refractivity contribution in [2.75, 3.05) is 25.7 Å². The third-order valence-electron chi connectivity index (χ3n) is 8.62. The zero-order valence-corrected chi connectivity index (χ0v) is 37.0. The number of nitrogens with zero attached hydrogens (tertiary/aromatic N) is 9. The lowest BCUT2D eigenvalue weighted by molar-refractivity contribution is 0.0695. The number of aromatic carboxylic acids is 1. The van der Waals surface area contributed by atoms with Crippen LogP contribution in [0, 0.1) is 0 Å². The van der Waals surface area contributed by atoms with Gasteiger partial charge in [0, 0.05) is 60.4 Å². The van der Waals surface area contributed by atoms with Crippen LogP contribution in [0.1, 0.15) is 53.7 Å². The summed E-state index contributed by atoms with van der Waals surface area (Å²) in [5.41, 5.74) is 9.09. The number of pyridine rings is 2. The first kappa shape index (κ1) is 47.7. The lowest BCUT2D eigenvalue weighted by Gasteiger charge is -2.10. The molecule has 0 saturated carbocycles. The molecule has 0 aliphatic heterocycles. The second kappa shape index (κ2) is 24.4. The largest absolute Gasteiger partial charge is 0.494 e. The van der Waals surface area contributed by atoms with Gasteiger partial charge in [-0.1, -0.05) is 71.9 Å².